The number of likely N-dealkylation sites (tertiary alicyclic amines) is 1. The van der Waals surface area contributed by atoms with Crippen molar-refractivity contribution in [3.05, 3.63) is 106 Å². The molecule has 1 aromatic heterocycles. The Labute approximate surface area is 274 Å². The lowest BCUT2D eigenvalue weighted by atomic mass is 10.0. The molecule has 2 aliphatic rings. The van der Waals surface area contributed by atoms with E-state index < -0.39 is 0 Å². The maximum absolute atomic E-state index is 14.6. The van der Waals surface area contributed by atoms with Crippen LogP contribution >= 0.6 is 27.7 Å². The van der Waals surface area contributed by atoms with Crippen LogP contribution in [0.3, 0.4) is 0 Å². The van der Waals surface area contributed by atoms with Gasteiger partial charge in [-0.25, -0.2) is 4.39 Å². The number of phenolic OH excluding ortho intramolecular Hbond substituents is 1. The predicted molar refractivity (Wildman–Crippen MR) is 182 cm³/mol. The SMILES string of the molecule is O=C(c1c(CSc2ccc(F)cc2)n(Cc2cccc3ccccc23)c2cc(Br)c(O)cc12)N1CCC(N2CCOCC2)CC1. The zero-order valence-electron chi connectivity index (χ0n) is 24.9. The smallest absolute Gasteiger partial charge is 0.256 e. The van der Waals surface area contributed by atoms with Crippen molar-refractivity contribution in [2.75, 3.05) is 39.4 Å². The molecule has 6 nitrogen and oxygen atoms in total. The van der Waals surface area contributed by atoms with E-state index >= 15 is 0 Å². The number of rotatable bonds is 7. The van der Waals surface area contributed by atoms with Gasteiger partial charge in [-0.15, -0.1) is 11.8 Å². The van der Waals surface area contributed by atoms with E-state index in [0.717, 1.165) is 77.0 Å². The number of hydrogen-bond donors (Lipinski definition) is 1. The van der Waals surface area contributed by atoms with Crippen LogP contribution in [0.1, 0.15) is 34.5 Å². The Morgan fingerprint density at radius 3 is 2.44 bits per heavy atom. The second-order valence-electron chi connectivity index (χ2n) is 11.8. The number of benzene rings is 4. The number of morpholine rings is 1. The van der Waals surface area contributed by atoms with Gasteiger partial charge >= 0.3 is 0 Å². The first-order valence-corrected chi connectivity index (χ1v) is 17.2. The number of nitrogens with zero attached hydrogens (tertiary/aromatic N) is 3. The van der Waals surface area contributed by atoms with Crippen molar-refractivity contribution in [1.29, 1.82) is 0 Å². The molecule has 1 amide bonds. The molecule has 2 aliphatic heterocycles. The molecule has 0 aliphatic carbocycles. The Morgan fingerprint density at radius 2 is 1.67 bits per heavy atom. The molecule has 0 atom stereocenters. The quantitative estimate of drug-likeness (QED) is 0.178. The summed E-state index contributed by atoms with van der Waals surface area (Å²) in [6.07, 6.45) is 1.85. The van der Waals surface area contributed by atoms with Crippen molar-refractivity contribution in [3.8, 4) is 5.75 Å². The number of fused-ring (bicyclic) bond motifs is 2. The lowest BCUT2D eigenvalue weighted by Gasteiger charge is -2.40. The number of carbonyl (C=O) groups excluding carboxylic acids is 1. The molecule has 7 rings (SSSR count). The van der Waals surface area contributed by atoms with Crippen molar-refractivity contribution >= 4 is 55.3 Å². The Balaban J connectivity index is 1.30. The van der Waals surface area contributed by atoms with Crippen molar-refractivity contribution in [3.63, 3.8) is 0 Å². The normalized spacial score (nSPS) is 16.5. The van der Waals surface area contributed by atoms with Gasteiger partial charge in [0.1, 0.15) is 11.6 Å². The van der Waals surface area contributed by atoms with Crippen molar-refractivity contribution < 1.29 is 19.0 Å². The highest BCUT2D eigenvalue weighted by Crippen LogP contribution is 2.39. The van der Waals surface area contributed by atoms with Gasteiger partial charge in [-0.2, -0.15) is 0 Å². The van der Waals surface area contributed by atoms with Crippen LogP contribution < -0.4 is 0 Å². The topological polar surface area (TPSA) is 57.9 Å². The number of halogens is 2. The highest BCUT2D eigenvalue weighted by Gasteiger charge is 2.32. The molecule has 0 radical (unpaired) electrons. The average molecular weight is 689 g/mol. The number of aromatic hydroxyl groups is 1. The second kappa shape index (κ2) is 13.2. The summed E-state index contributed by atoms with van der Waals surface area (Å²) in [5, 5.41) is 13.9. The molecule has 4 aromatic carbocycles. The number of aromatic nitrogens is 1. The zero-order valence-corrected chi connectivity index (χ0v) is 27.3. The van der Waals surface area contributed by atoms with Gasteiger partial charge in [0.15, 0.2) is 0 Å². The molecule has 0 saturated carbocycles. The third kappa shape index (κ3) is 6.23. The minimum Gasteiger partial charge on any atom is -0.507 e. The summed E-state index contributed by atoms with van der Waals surface area (Å²) < 4.78 is 22.1. The molecule has 0 bridgehead atoms. The molecule has 232 valence electrons. The highest BCUT2D eigenvalue weighted by atomic mass is 79.9. The van der Waals surface area contributed by atoms with E-state index in [-0.39, 0.29) is 17.5 Å². The van der Waals surface area contributed by atoms with Gasteiger partial charge < -0.3 is 19.3 Å². The van der Waals surface area contributed by atoms with Crippen LogP contribution in [0.2, 0.25) is 0 Å². The fourth-order valence-electron chi connectivity index (χ4n) is 6.80. The fraction of sp³-hybridized carbons (Fsp3) is 0.306. The first kappa shape index (κ1) is 30.3. The summed E-state index contributed by atoms with van der Waals surface area (Å²) in [5.74, 6) is 0.326. The number of carbonyl (C=O) groups is 1. The first-order valence-electron chi connectivity index (χ1n) is 15.5. The molecule has 9 heteroatoms. The van der Waals surface area contributed by atoms with Gasteiger partial charge in [-0.05, 0) is 81.5 Å². The van der Waals surface area contributed by atoms with E-state index in [4.69, 9.17) is 4.74 Å². The lowest BCUT2D eigenvalue weighted by molar-refractivity contribution is 0.00160. The van der Waals surface area contributed by atoms with Crippen LogP contribution in [0.15, 0.2) is 88.2 Å². The lowest BCUT2D eigenvalue weighted by Crippen LogP contribution is -2.50. The minimum atomic E-state index is -0.277. The number of piperidine rings is 1. The molecule has 5 aromatic rings. The van der Waals surface area contributed by atoms with Gasteiger partial charge in [0.2, 0.25) is 0 Å². The number of phenols is 1. The van der Waals surface area contributed by atoms with E-state index in [1.807, 2.05) is 17.0 Å². The van der Waals surface area contributed by atoms with Crippen molar-refractivity contribution in [2.24, 2.45) is 0 Å². The molecule has 0 spiro atoms. The van der Waals surface area contributed by atoms with Crippen LogP contribution in [-0.4, -0.2) is 70.8 Å². The average Bonchev–Trinajstić information content (AvgIpc) is 3.36. The maximum Gasteiger partial charge on any atom is 0.256 e. The van der Waals surface area contributed by atoms with Crippen LogP contribution in [0, 0.1) is 5.82 Å². The molecular weight excluding hydrogens is 653 g/mol. The van der Waals surface area contributed by atoms with E-state index in [0.29, 0.717) is 41.5 Å². The fourth-order valence-corrected chi connectivity index (χ4v) is 8.06. The third-order valence-electron chi connectivity index (χ3n) is 9.16. The largest absolute Gasteiger partial charge is 0.507 e. The van der Waals surface area contributed by atoms with Crippen molar-refractivity contribution in [1.82, 2.24) is 14.4 Å². The Hall–Kier alpha value is -3.37. The van der Waals surface area contributed by atoms with E-state index in [1.54, 1.807) is 30.0 Å². The summed E-state index contributed by atoms with van der Waals surface area (Å²) in [6, 6.07) is 25.2. The predicted octanol–water partition coefficient (Wildman–Crippen LogP) is 7.68. The number of ether oxygens (including phenoxy) is 1. The second-order valence-corrected chi connectivity index (χ2v) is 13.7. The Kier molecular flexibility index (Phi) is 8.86. The molecular formula is C36H35BrFN3O3S. The third-order valence-corrected chi connectivity index (χ3v) is 10.8. The van der Waals surface area contributed by atoms with E-state index in [2.05, 4.69) is 61.8 Å². The number of amides is 1. The van der Waals surface area contributed by atoms with Gasteiger partial charge in [0, 0.05) is 60.5 Å². The monoisotopic (exact) mass is 687 g/mol. The highest BCUT2D eigenvalue weighted by molar-refractivity contribution is 9.10. The van der Waals surface area contributed by atoms with Crippen LogP contribution in [0.25, 0.3) is 21.7 Å². The van der Waals surface area contributed by atoms with Crippen LogP contribution in [0.5, 0.6) is 5.75 Å². The van der Waals surface area contributed by atoms with Gasteiger partial charge in [-0.1, -0.05) is 42.5 Å². The summed E-state index contributed by atoms with van der Waals surface area (Å²) >= 11 is 5.12. The molecule has 2 fully saturated rings. The van der Waals surface area contributed by atoms with E-state index in [9.17, 15) is 14.3 Å². The van der Waals surface area contributed by atoms with Gasteiger partial charge in [0.25, 0.3) is 5.91 Å². The maximum atomic E-state index is 14.6. The molecule has 1 N–H and O–H groups in total. The van der Waals surface area contributed by atoms with Gasteiger partial charge in [0.05, 0.1) is 28.8 Å². The number of thioether (sulfide) groups is 1. The van der Waals surface area contributed by atoms with Gasteiger partial charge in [-0.3, -0.25) is 9.69 Å². The van der Waals surface area contributed by atoms with Crippen LogP contribution in [0.4, 0.5) is 4.39 Å². The standard InChI is InChI=1S/C36H35BrFN3O3S/c37-31-21-32-30(20-34(31)42)35(36(43)40-14-12-27(13-15-40)39-16-18-44-19-17-39)33(23-45-28-10-8-26(38)9-11-28)41(32)22-25-6-3-5-24-4-1-2-7-29(24)25/h1-11,20-21,27,42H,12-19,22-23H2. The summed E-state index contributed by atoms with van der Waals surface area (Å²) in [7, 11) is 0. The van der Waals surface area contributed by atoms with E-state index in [1.165, 1.54) is 12.1 Å². The van der Waals surface area contributed by atoms with Crippen molar-refractivity contribution in [2.45, 2.75) is 36.1 Å². The first-order chi connectivity index (χ1) is 22.0. The summed E-state index contributed by atoms with van der Waals surface area (Å²) in [6.45, 7) is 5.35. The Morgan fingerprint density at radius 1 is 0.933 bits per heavy atom. The minimum absolute atomic E-state index is 0.00599. The molecule has 0 unspecified atom stereocenters. The molecule has 2 saturated heterocycles. The molecule has 45 heavy (non-hydrogen) atoms. The zero-order chi connectivity index (χ0) is 30.9. The van der Waals surface area contributed by atoms with Crippen LogP contribution in [-0.2, 0) is 17.0 Å². The molecule has 3 heterocycles. The number of hydrogen-bond acceptors (Lipinski definition) is 5. The summed E-state index contributed by atoms with van der Waals surface area (Å²) in [4.78, 5) is 20.0. The summed E-state index contributed by atoms with van der Waals surface area (Å²) in [5.41, 5.74) is 3.55. The Bertz CT molecular complexity index is 1840.